The third kappa shape index (κ3) is 2.55. The number of aliphatic carboxylic acids is 1. The maximum absolute atomic E-state index is 12.7. The van der Waals surface area contributed by atoms with Gasteiger partial charge < -0.3 is 10.0 Å². The minimum Gasteiger partial charge on any atom is -0.480 e. The molecule has 2 aliphatic rings. The summed E-state index contributed by atoms with van der Waals surface area (Å²) in [7, 11) is 0. The number of amides is 1. The first kappa shape index (κ1) is 14.8. The molecule has 1 N–H and O–H groups in total. The molecule has 1 saturated carbocycles. The molecule has 0 radical (unpaired) electrons. The minimum absolute atomic E-state index is 0.0605. The lowest BCUT2D eigenvalue weighted by Gasteiger charge is -2.24. The van der Waals surface area contributed by atoms with E-state index in [0.717, 1.165) is 19.3 Å². The molecule has 3 unspecified atom stereocenters. The van der Waals surface area contributed by atoms with Gasteiger partial charge in [-0.15, -0.1) is 0 Å². The van der Waals surface area contributed by atoms with Crippen LogP contribution >= 0.6 is 27.5 Å². The molecule has 2 fully saturated rings. The Morgan fingerprint density at radius 3 is 2.90 bits per heavy atom. The Balaban J connectivity index is 1.93. The van der Waals surface area contributed by atoms with Crippen molar-refractivity contribution in [3.05, 3.63) is 27.5 Å². The maximum Gasteiger partial charge on any atom is 0.326 e. The van der Waals surface area contributed by atoms with Gasteiger partial charge in [0.1, 0.15) is 11.2 Å². The molecule has 3 rings (SSSR count). The monoisotopic (exact) mass is 372 g/mol. The van der Waals surface area contributed by atoms with Gasteiger partial charge in [0.25, 0.3) is 5.91 Å². The summed E-state index contributed by atoms with van der Waals surface area (Å²) in [6.45, 7) is 0.489. The number of aromatic nitrogens is 1. The van der Waals surface area contributed by atoms with Gasteiger partial charge in [0.2, 0.25) is 0 Å². The van der Waals surface area contributed by atoms with Gasteiger partial charge in [0.15, 0.2) is 0 Å². The van der Waals surface area contributed by atoms with Crippen molar-refractivity contribution in [1.29, 1.82) is 0 Å². The third-order valence-corrected chi connectivity index (χ3v) is 5.18. The molecule has 3 atom stereocenters. The summed E-state index contributed by atoms with van der Waals surface area (Å²) in [6, 6.07) is 0.838. The molecule has 1 aromatic heterocycles. The lowest BCUT2D eigenvalue weighted by atomic mass is 9.94. The number of carboxylic acid groups (broad SMARTS) is 1. The lowest BCUT2D eigenvalue weighted by Crippen LogP contribution is -2.43. The van der Waals surface area contributed by atoms with Gasteiger partial charge in [-0.3, -0.25) is 4.79 Å². The molecule has 5 nitrogen and oxygen atoms in total. The molecule has 21 heavy (non-hydrogen) atoms. The first-order valence-electron chi connectivity index (χ1n) is 6.84. The maximum atomic E-state index is 12.7. The summed E-state index contributed by atoms with van der Waals surface area (Å²) in [5, 5.41) is 9.60. The summed E-state index contributed by atoms with van der Waals surface area (Å²) in [4.78, 5) is 29.7. The van der Waals surface area contributed by atoms with Crippen molar-refractivity contribution in [1.82, 2.24) is 9.88 Å². The van der Waals surface area contributed by atoms with Crippen molar-refractivity contribution in [2.45, 2.75) is 25.3 Å². The summed E-state index contributed by atoms with van der Waals surface area (Å²) in [6.07, 6.45) is 4.41. The van der Waals surface area contributed by atoms with Crippen LogP contribution in [0, 0.1) is 11.8 Å². The highest BCUT2D eigenvalue weighted by Gasteiger charge is 2.49. The summed E-state index contributed by atoms with van der Waals surface area (Å²) in [5.41, 5.74) is 0.247. The standard InChI is InChI=1S/C14H14BrClN2O3/c15-8-4-10(12(16)17-5-8)13(19)18-6-7-2-1-3-9(7)11(18)14(20)21/h4-5,7,9,11H,1-3,6H2,(H,20,21). The first-order chi connectivity index (χ1) is 9.99. The van der Waals surface area contributed by atoms with E-state index >= 15 is 0 Å². The van der Waals surface area contributed by atoms with Crippen LogP contribution in [0.2, 0.25) is 5.15 Å². The molecule has 1 saturated heterocycles. The van der Waals surface area contributed by atoms with E-state index in [1.807, 2.05) is 0 Å². The van der Waals surface area contributed by atoms with Gasteiger partial charge in [-0.05, 0) is 46.7 Å². The molecule has 0 aromatic carbocycles. The van der Waals surface area contributed by atoms with E-state index in [9.17, 15) is 14.7 Å². The summed E-state index contributed by atoms with van der Waals surface area (Å²) < 4.78 is 0.640. The zero-order valence-electron chi connectivity index (χ0n) is 11.1. The molecular formula is C14H14BrClN2O3. The molecular weight excluding hydrogens is 360 g/mol. The average Bonchev–Trinajstić information content (AvgIpc) is 3.00. The second-order valence-corrected chi connectivity index (χ2v) is 6.86. The molecule has 1 aliphatic heterocycles. The van der Waals surface area contributed by atoms with Crippen molar-refractivity contribution in [2.24, 2.45) is 11.8 Å². The van der Waals surface area contributed by atoms with Gasteiger partial charge in [0, 0.05) is 17.2 Å². The topological polar surface area (TPSA) is 70.5 Å². The first-order valence-corrected chi connectivity index (χ1v) is 8.01. The second kappa shape index (κ2) is 5.57. The van der Waals surface area contributed by atoms with Crippen molar-refractivity contribution in [3.8, 4) is 0 Å². The van der Waals surface area contributed by atoms with Crippen LogP contribution in [-0.2, 0) is 4.79 Å². The van der Waals surface area contributed by atoms with Gasteiger partial charge in [0.05, 0.1) is 5.56 Å². The highest BCUT2D eigenvalue weighted by atomic mass is 79.9. The number of carbonyl (C=O) groups is 2. The van der Waals surface area contributed by atoms with Gasteiger partial charge in [-0.25, -0.2) is 9.78 Å². The van der Waals surface area contributed by atoms with Crippen LogP contribution in [0.25, 0.3) is 0 Å². The van der Waals surface area contributed by atoms with Crippen LogP contribution in [0.4, 0.5) is 0 Å². The number of hydrogen-bond acceptors (Lipinski definition) is 3. The van der Waals surface area contributed by atoms with Gasteiger partial charge in [-0.1, -0.05) is 18.0 Å². The Morgan fingerprint density at radius 2 is 2.19 bits per heavy atom. The average molecular weight is 374 g/mol. The number of fused-ring (bicyclic) bond motifs is 1. The molecule has 0 bridgehead atoms. The van der Waals surface area contributed by atoms with Crippen LogP contribution in [0.5, 0.6) is 0 Å². The zero-order chi connectivity index (χ0) is 15.1. The summed E-state index contributed by atoms with van der Waals surface area (Å²) in [5.74, 6) is -0.938. The van der Waals surface area contributed by atoms with Crippen molar-refractivity contribution in [2.75, 3.05) is 6.54 Å². The number of carbonyl (C=O) groups excluding carboxylic acids is 1. The minimum atomic E-state index is -0.933. The Kier molecular flexibility index (Phi) is 3.92. The highest BCUT2D eigenvalue weighted by molar-refractivity contribution is 9.10. The number of rotatable bonds is 2. The molecule has 112 valence electrons. The van der Waals surface area contributed by atoms with E-state index in [2.05, 4.69) is 20.9 Å². The van der Waals surface area contributed by atoms with E-state index < -0.39 is 12.0 Å². The Labute approximate surface area is 135 Å². The van der Waals surface area contributed by atoms with Crippen LogP contribution < -0.4 is 0 Å². The van der Waals surface area contributed by atoms with E-state index in [-0.39, 0.29) is 28.5 Å². The van der Waals surface area contributed by atoms with Crippen molar-refractivity contribution in [3.63, 3.8) is 0 Å². The predicted octanol–water partition coefficient (Wildman–Crippen LogP) is 2.82. The highest BCUT2D eigenvalue weighted by Crippen LogP contribution is 2.43. The quantitative estimate of drug-likeness (QED) is 0.809. The van der Waals surface area contributed by atoms with Crippen LogP contribution in [-0.4, -0.2) is 39.5 Å². The zero-order valence-corrected chi connectivity index (χ0v) is 13.5. The summed E-state index contributed by atoms with van der Waals surface area (Å²) >= 11 is 9.25. The predicted molar refractivity (Wildman–Crippen MR) is 80.2 cm³/mol. The largest absolute Gasteiger partial charge is 0.480 e. The Bertz CT molecular complexity index is 610. The number of pyridine rings is 1. The fourth-order valence-corrected chi connectivity index (χ4v) is 4.07. The fraction of sp³-hybridized carbons (Fsp3) is 0.500. The Hall–Kier alpha value is -1.14. The number of carboxylic acids is 1. The number of likely N-dealkylation sites (tertiary alicyclic amines) is 1. The number of hydrogen-bond donors (Lipinski definition) is 1. The van der Waals surface area contributed by atoms with Gasteiger partial charge >= 0.3 is 5.97 Å². The third-order valence-electron chi connectivity index (χ3n) is 4.44. The molecule has 0 spiro atoms. The van der Waals surface area contributed by atoms with E-state index in [1.165, 1.54) is 11.1 Å². The smallest absolute Gasteiger partial charge is 0.326 e. The lowest BCUT2D eigenvalue weighted by molar-refractivity contribution is -0.142. The SMILES string of the molecule is O=C(O)C1C2CCCC2CN1C(=O)c1cc(Br)cnc1Cl. The van der Waals surface area contributed by atoms with Crippen molar-refractivity contribution >= 4 is 39.4 Å². The normalized spacial score (nSPS) is 27.7. The molecule has 2 heterocycles. The molecule has 1 amide bonds. The number of halogens is 2. The molecule has 7 heteroatoms. The number of nitrogens with zero attached hydrogens (tertiary/aromatic N) is 2. The fourth-order valence-electron chi connectivity index (χ4n) is 3.56. The molecule has 1 aliphatic carbocycles. The van der Waals surface area contributed by atoms with Gasteiger partial charge in [-0.2, -0.15) is 0 Å². The van der Waals surface area contributed by atoms with Crippen molar-refractivity contribution < 1.29 is 14.7 Å². The molecule has 1 aromatic rings. The Morgan fingerprint density at radius 1 is 1.43 bits per heavy atom. The van der Waals surface area contributed by atoms with E-state index in [0.29, 0.717) is 11.0 Å². The van der Waals surface area contributed by atoms with Crippen LogP contribution in [0.3, 0.4) is 0 Å². The van der Waals surface area contributed by atoms with Crippen LogP contribution in [0.15, 0.2) is 16.7 Å². The van der Waals surface area contributed by atoms with E-state index in [1.54, 1.807) is 6.07 Å². The van der Waals surface area contributed by atoms with Crippen LogP contribution in [0.1, 0.15) is 29.6 Å². The second-order valence-electron chi connectivity index (χ2n) is 5.59. The van der Waals surface area contributed by atoms with E-state index in [4.69, 9.17) is 11.6 Å².